The molecule has 0 amide bonds. The number of hydrogen-bond acceptors (Lipinski definition) is 3. The predicted molar refractivity (Wildman–Crippen MR) is 57.6 cm³/mol. The van der Waals surface area contributed by atoms with Gasteiger partial charge in [0.25, 0.3) is 0 Å². The highest BCUT2D eigenvalue weighted by molar-refractivity contribution is 7.16. The molecule has 0 spiro atoms. The van der Waals surface area contributed by atoms with E-state index in [1.54, 1.807) is 12.3 Å². The highest BCUT2D eigenvalue weighted by Crippen LogP contribution is 2.22. The molecular formula is C9H8N4S. The van der Waals surface area contributed by atoms with Crippen LogP contribution < -0.4 is 4.90 Å². The summed E-state index contributed by atoms with van der Waals surface area (Å²) in [5.41, 5.74) is 0. The first-order chi connectivity index (χ1) is 6.67. The molecule has 0 radical (unpaired) electrons. The predicted octanol–water partition coefficient (Wildman–Crippen LogP) is 2.35. The van der Waals surface area contributed by atoms with Gasteiger partial charge in [-0.2, -0.15) is 9.69 Å². The monoisotopic (exact) mass is 204 g/mol. The van der Waals surface area contributed by atoms with Crippen LogP contribution in [0.25, 0.3) is 15.8 Å². The molecule has 0 atom stereocenters. The molecule has 0 bridgehead atoms. The minimum Gasteiger partial charge on any atom is -0.354 e. The van der Waals surface area contributed by atoms with Crippen LogP contribution in [0.1, 0.15) is 4.88 Å². The van der Waals surface area contributed by atoms with Gasteiger partial charge in [0.1, 0.15) is 13.1 Å². The first-order valence-electron chi connectivity index (χ1n) is 3.77. The summed E-state index contributed by atoms with van der Waals surface area (Å²) in [6, 6.07) is 0. The average Bonchev–Trinajstić information content (AvgIpc) is 2.62. The molecule has 0 saturated heterocycles. The Hall–Kier alpha value is -1.85. The molecule has 0 N–H and O–H groups in total. The van der Waals surface area contributed by atoms with E-state index in [4.69, 9.17) is 13.1 Å². The van der Waals surface area contributed by atoms with Crippen LogP contribution in [0.5, 0.6) is 0 Å². The average molecular weight is 204 g/mol. The number of rotatable bonds is 2. The van der Waals surface area contributed by atoms with Gasteiger partial charge in [0, 0.05) is 25.2 Å². The fraction of sp³-hybridized carbons (Fsp3) is 0.222. The second kappa shape index (κ2) is 4.40. The SMILES string of the molecule is [C-]#[N+]C(=Cc1cnc(N(C)C)s1)[N+]#[C-]. The van der Waals surface area contributed by atoms with Gasteiger partial charge < -0.3 is 4.90 Å². The van der Waals surface area contributed by atoms with Crippen LogP contribution in [0.4, 0.5) is 5.13 Å². The first kappa shape index (κ1) is 10.2. The number of nitrogens with zero attached hydrogens (tertiary/aromatic N) is 4. The van der Waals surface area contributed by atoms with Crippen LogP contribution in [-0.2, 0) is 0 Å². The lowest BCUT2D eigenvalue weighted by Crippen LogP contribution is -2.07. The van der Waals surface area contributed by atoms with Crippen LogP contribution >= 0.6 is 11.3 Å². The largest absolute Gasteiger partial charge is 0.520 e. The third kappa shape index (κ3) is 2.32. The molecule has 1 aromatic heterocycles. The third-order valence-electron chi connectivity index (χ3n) is 1.39. The quantitative estimate of drug-likeness (QED) is 0.691. The van der Waals surface area contributed by atoms with Gasteiger partial charge in [-0.05, 0) is 0 Å². The summed E-state index contributed by atoms with van der Waals surface area (Å²) in [4.78, 5) is 13.0. The lowest BCUT2D eigenvalue weighted by atomic mass is 10.5. The van der Waals surface area contributed by atoms with Crippen molar-refractivity contribution in [2.45, 2.75) is 0 Å². The summed E-state index contributed by atoms with van der Waals surface area (Å²) >= 11 is 1.45. The van der Waals surface area contributed by atoms with Crippen LogP contribution in [0, 0.1) is 13.1 Å². The molecule has 5 heteroatoms. The van der Waals surface area contributed by atoms with Crippen molar-refractivity contribution in [2.24, 2.45) is 0 Å². The van der Waals surface area contributed by atoms with Crippen molar-refractivity contribution in [3.63, 3.8) is 0 Å². The Morgan fingerprint density at radius 2 is 2.14 bits per heavy atom. The maximum absolute atomic E-state index is 6.72. The van der Waals surface area contributed by atoms with E-state index in [9.17, 15) is 0 Å². The van der Waals surface area contributed by atoms with E-state index in [1.165, 1.54) is 11.3 Å². The lowest BCUT2D eigenvalue weighted by molar-refractivity contribution is 1.10. The van der Waals surface area contributed by atoms with Crippen molar-refractivity contribution in [1.82, 2.24) is 4.98 Å². The Morgan fingerprint density at radius 1 is 1.50 bits per heavy atom. The van der Waals surface area contributed by atoms with Crippen molar-refractivity contribution in [3.05, 3.63) is 39.7 Å². The molecule has 1 heterocycles. The molecule has 0 aromatic carbocycles. The van der Waals surface area contributed by atoms with E-state index in [0.717, 1.165) is 10.0 Å². The molecule has 0 aliphatic carbocycles. The number of hydrogen-bond donors (Lipinski definition) is 0. The zero-order chi connectivity index (χ0) is 10.6. The normalized spacial score (nSPS) is 8.57. The van der Waals surface area contributed by atoms with Gasteiger partial charge in [0.2, 0.25) is 0 Å². The Morgan fingerprint density at radius 3 is 2.57 bits per heavy atom. The van der Waals surface area contributed by atoms with Crippen molar-refractivity contribution >= 4 is 22.5 Å². The lowest BCUT2D eigenvalue weighted by Gasteiger charge is -2.04. The smallest absolute Gasteiger partial charge is 0.354 e. The molecule has 1 rings (SSSR count). The number of thiazole rings is 1. The second-order valence-electron chi connectivity index (χ2n) is 2.67. The molecule has 1 aromatic rings. The maximum atomic E-state index is 6.72. The van der Waals surface area contributed by atoms with Gasteiger partial charge in [-0.25, -0.2) is 4.98 Å². The summed E-state index contributed by atoms with van der Waals surface area (Å²) in [7, 11) is 3.80. The Balaban J connectivity index is 2.96. The first-order valence-corrected chi connectivity index (χ1v) is 4.59. The Labute approximate surface area is 86.8 Å². The van der Waals surface area contributed by atoms with Gasteiger partial charge in [-0.15, -0.1) is 0 Å². The van der Waals surface area contributed by atoms with Crippen molar-refractivity contribution in [1.29, 1.82) is 0 Å². The van der Waals surface area contributed by atoms with E-state index >= 15 is 0 Å². The topological polar surface area (TPSA) is 24.9 Å². The minimum absolute atomic E-state index is 0.0685. The van der Waals surface area contributed by atoms with E-state index < -0.39 is 0 Å². The summed E-state index contributed by atoms with van der Waals surface area (Å²) < 4.78 is 0. The van der Waals surface area contributed by atoms with Gasteiger partial charge in [-0.1, -0.05) is 11.3 Å². The fourth-order valence-electron chi connectivity index (χ4n) is 0.767. The fourth-order valence-corrected chi connectivity index (χ4v) is 1.54. The van der Waals surface area contributed by atoms with Gasteiger partial charge in [0.05, 0.1) is 6.08 Å². The maximum Gasteiger partial charge on any atom is 0.520 e. The molecule has 0 aliphatic heterocycles. The van der Waals surface area contributed by atoms with E-state index in [2.05, 4.69) is 14.7 Å². The molecular weight excluding hydrogens is 196 g/mol. The van der Waals surface area contributed by atoms with E-state index in [0.29, 0.717) is 0 Å². The highest BCUT2D eigenvalue weighted by Gasteiger charge is 2.06. The van der Waals surface area contributed by atoms with Crippen LogP contribution in [-0.4, -0.2) is 19.1 Å². The summed E-state index contributed by atoms with van der Waals surface area (Å²) in [6.45, 7) is 13.4. The highest BCUT2D eigenvalue weighted by atomic mass is 32.1. The summed E-state index contributed by atoms with van der Waals surface area (Å²) in [5.74, 6) is 0.0685. The third-order valence-corrected chi connectivity index (χ3v) is 2.51. The zero-order valence-electron chi connectivity index (χ0n) is 7.85. The Kier molecular flexibility index (Phi) is 3.22. The van der Waals surface area contributed by atoms with Crippen molar-refractivity contribution < 1.29 is 0 Å². The number of anilines is 1. The standard InChI is InChI=1S/C9H8N4S/c1-10-8(11-2)5-7-6-12-9(14-7)13(3)4/h5-6H,3-4H3. The number of aromatic nitrogens is 1. The second-order valence-corrected chi connectivity index (χ2v) is 3.71. The molecule has 4 nitrogen and oxygen atoms in total. The zero-order valence-corrected chi connectivity index (χ0v) is 8.67. The van der Waals surface area contributed by atoms with Gasteiger partial charge >= 0.3 is 5.82 Å². The molecule has 0 unspecified atom stereocenters. The molecule has 0 saturated carbocycles. The van der Waals surface area contributed by atoms with Gasteiger partial charge in [-0.3, -0.25) is 0 Å². The molecule has 0 aliphatic rings. The van der Waals surface area contributed by atoms with Crippen LogP contribution in [0.3, 0.4) is 0 Å². The van der Waals surface area contributed by atoms with Gasteiger partial charge in [0.15, 0.2) is 5.13 Å². The summed E-state index contributed by atoms with van der Waals surface area (Å²) in [6.07, 6.45) is 3.21. The van der Waals surface area contributed by atoms with Crippen LogP contribution in [0.2, 0.25) is 0 Å². The summed E-state index contributed by atoms with van der Waals surface area (Å²) in [5, 5.41) is 0.866. The molecule has 14 heavy (non-hydrogen) atoms. The van der Waals surface area contributed by atoms with E-state index in [-0.39, 0.29) is 5.82 Å². The van der Waals surface area contributed by atoms with Crippen LogP contribution in [0.15, 0.2) is 12.0 Å². The Bertz CT molecular complexity index is 414. The minimum atomic E-state index is 0.0685. The van der Waals surface area contributed by atoms with Crippen molar-refractivity contribution in [3.8, 4) is 0 Å². The molecule has 70 valence electrons. The van der Waals surface area contributed by atoms with E-state index in [1.807, 2.05) is 19.0 Å². The van der Waals surface area contributed by atoms with Crippen molar-refractivity contribution in [2.75, 3.05) is 19.0 Å². The molecule has 0 fully saturated rings.